The van der Waals surface area contributed by atoms with Crippen LogP contribution in [0.15, 0.2) is 107 Å². The molecule has 0 unspecified atom stereocenters. The molecule has 6 heteroatoms. The standard InChI is InChI=1S/C36H35N3O2S/c1-2-26-9-8-10-28(23-26)25-39-32-11-4-5-12-33(32)42-34(36(39)41)24-27-13-15-29(16-14-27)35(40)37-30-17-19-31(20-18-30)38-21-6-3-7-22-38/h4-5,8-20,23-24H,2-3,6-7,21-22,25H2,1H3,(H,37,40). The van der Waals surface area contributed by atoms with E-state index in [9.17, 15) is 9.59 Å². The average molecular weight is 574 g/mol. The molecule has 2 heterocycles. The minimum absolute atomic E-state index is 0.0181. The molecule has 1 fully saturated rings. The number of carbonyl (C=O) groups is 2. The molecule has 1 saturated heterocycles. The molecule has 0 atom stereocenters. The summed E-state index contributed by atoms with van der Waals surface area (Å²) in [5.41, 5.74) is 6.73. The number of amides is 2. The van der Waals surface area contributed by atoms with Crippen molar-refractivity contribution in [1.82, 2.24) is 0 Å². The van der Waals surface area contributed by atoms with Gasteiger partial charge in [-0.25, -0.2) is 0 Å². The number of thioether (sulfide) groups is 1. The lowest BCUT2D eigenvalue weighted by Crippen LogP contribution is -2.33. The van der Waals surface area contributed by atoms with Gasteiger partial charge in [-0.3, -0.25) is 9.59 Å². The zero-order chi connectivity index (χ0) is 28.9. The van der Waals surface area contributed by atoms with Crippen molar-refractivity contribution in [2.75, 3.05) is 28.2 Å². The number of hydrogen-bond donors (Lipinski definition) is 1. The molecular weight excluding hydrogens is 538 g/mol. The fourth-order valence-corrected chi connectivity index (χ4v) is 6.60. The molecule has 42 heavy (non-hydrogen) atoms. The SMILES string of the molecule is CCc1cccc(CN2C(=O)C(=Cc3ccc(C(=O)Nc4ccc(N5CCCCC5)cc4)cc3)Sc3ccccc32)c1. The van der Waals surface area contributed by atoms with Crippen molar-refractivity contribution in [2.24, 2.45) is 0 Å². The first-order valence-corrected chi connectivity index (χ1v) is 15.5. The fourth-order valence-electron chi connectivity index (χ4n) is 5.54. The van der Waals surface area contributed by atoms with Crippen LogP contribution in [0.25, 0.3) is 6.08 Å². The first kappa shape index (κ1) is 27.9. The molecule has 4 aromatic carbocycles. The molecule has 2 aliphatic heterocycles. The van der Waals surface area contributed by atoms with E-state index in [1.807, 2.05) is 65.6 Å². The zero-order valence-electron chi connectivity index (χ0n) is 23.9. The van der Waals surface area contributed by atoms with Crippen LogP contribution in [0, 0.1) is 0 Å². The molecule has 0 aliphatic carbocycles. The van der Waals surface area contributed by atoms with Crippen molar-refractivity contribution in [1.29, 1.82) is 0 Å². The van der Waals surface area contributed by atoms with Crippen LogP contribution in [0.2, 0.25) is 0 Å². The largest absolute Gasteiger partial charge is 0.372 e. The number of benzene rings is 4. The fraction of sp³-hybridized carbons (Fsp3) is 0.222. The van der Waals surface area contributed by atoms with Gasteiger partial charge in [-0.2, -0.15) is 0 Å². The number of anilines is 3. The third kappa shape index (κ3) is 6.29. The van der Waals surface area contributed by atoms with E-state index in [-0.39, 0.29) is 11.8 Å². The highest BCUT2D eigenvalue weighted by molar-refractivity contribution is 8.04. The van der Waals surface area contributed by atoms with Crippen LogP contribution in [-0.4, -0.2) is 24.9 Å². The number of para-hydroxylation sites is 1. The normalized spacial score (nSPS) is 15.9. The topological polar surface area (TPSA) is 52.7 Å². The predicted molar refractivity (Wildman–Crippen MR) is 174 cm³/mol. The second-order valence-electron chi connectivity index (χ2n) is 10.8. The molecule has 6 rings (SSSR count). The number of aryl methyl sites for hydroxylation is 1. The van der Waals surface area contributed by atoms with Gasteiger partial charge in [0.15, 0.2) is 0 Å². The molecule has 0 spiro atoms. The number of hydrogen-bond acceptors (Lipinski definition) is 4. The van der Waals surface area contributed by atoms with Crippen LogP contribution in [-0.2, 0) is 17.8 Å². The number of nitrogens with one attached hydrogen (secondary N) is 1. The number of fused-ring (bicyclic) bond motifs is 1. The highest BCUT2D eigenvalue weighted by Crippen LogP contribution is 2.42. The van der Waals surface area contributed by atoms with Crippen molar-refractivity contribution in [3.8, 4) is 0 Å². The Morgan fingerprint density at radius 1 is 0.857 bits per heavy atom. The summed E-state index contributed by atoms with van der Waals surface area (Å²) in [6.07, 6.45) is 6.64. The Hall–Kier alpha value is -4.29. The molecule has 2 amide bonds. The van der Waals surface area contributed by atoms with Gasteiger partial charge in [-0.05, 0) is 97.0 Å². The summed E-state index contributed by atoms with van der Waals surface area (Å²) in [5.74, 6) is -0.173. The summed E-state index contributed by atoms with van der Waals surface area (Å²) in [6.45, 7) is 4.84. The first-order chi connectivity index (χ1) is 20.6. The smallest absolute Gasteiger partial charge is 0.265 e. The highest BCUT2D eigenvalue weighted by atomic mass is 32.2. The van der Waals surface area contributed by atoms with Gasteiger partial charge in [0.05, 0.1) is 17.1 Å². The molecule has 5 nitrogen and oxygen atoms in total. The lowest BCUT2D eigenvalue weighted by atomic mass is 10.1. The maximum Gasteiger partial charge on any atom is 0.265 e. The molecule has 4 aromatic rings. The summed E-state index contributed by atoms with van der Waals surface area (Å²) in [6, 6.07) is 32.0. The number of carbonyl (C=O) groups excluding carboxylic acids is 2. The summed E-state index contributed by atoms with van der Waals surface area (Å²) in [7, 11) is 0. The van der Waals surface area contributed by atoms with E-state index >= 15 is 0 Å². The number of piperidine rings is 1. The van der Waals surface area contributed by atoms with Crippen LogP contribution in [0.4, 0.5) is 17.1 Å². The Balaban J connectivity index is 1.16. The predicted octanol–water partition coefficient (Wildman–Crippen LogP) is 8.17. The average Bonchev–Trinajstić information content (AvgIpc) is 3.04. The second kappa shape index (κ2) is 12.7. The lowest BCUT2D eigenvalue weighted by Gasteiger charge is -2.30. The number of rotatable bonds is 7. The third-order valence-corrected chi connectivity index (χ3v) is 8.97. The zero-order valence-corrected chi connectivity index (χ0v) is 24.7. The van der Waals surface area contributed by atoms with Crippen LogP contribution < -0.4 is 15.1 Å². The van der Waals surface area contributed by atoms with Gasteiger partial charge in [0.1, 0.15) is 0 Å². The van der Waals surface area contributed by atoms with E-state index in [1.54, 1.807) is 0 Å². The van der Waals surface area contributed by atoms with Crippen LogP contribution >= 0.6 is 11.8 Å². The van der Waals surface area contributed by atoms with E-state index in [1.165, 1.54) is 42.3 Å². The second-order valence-corrected chi connectivity index (χ2v) is 11.9. The van der Waals surface area contributed by atoms with Gasteiger partial charge >= 0.3 is 0 Å². The van der Waals surface area contributed by atoms with Crippen LogP contribution in [0.1, 0.15) is 53.2 Å². The van der Waals surface area contributed by atoms with Crippen LogP contribution in [0.3, 0.4) is 0 Å². The van der Waals surface area contributed by atoms with E-state index < -0.39 is 0 Å². The van der Waals surface area contributed by atoms with Gasteiger partial charge in [0.25, 0.3) is 11.8 Å². The number of nitrogens with zero attached hydrogens (tertiary/aromatic N) is 2. The molecular formula is C36H35N3O2S. The van der Waals surface area contributed by atoms with E-state index in [0.29, 0.717) is 17.0 Å². The molecule has 0 bridgehead atoms. The van der Waals surface area contributed by atoms with Gasteiger partial charge in [0, 0.05) is 34.9 Å². The van der Waals surface area contributed by atoms with Crippen LogP contribution in [0.5, 0.6) is 0 Å². The molecule has 0 saturated carbocycles. The Morgan fingerprint density at radius 3 is 2.36 bits per heavy atom. The van der Waals surface area contributed by atoms with Crippen molar-refractivity contribution in [3.63, 3.8) is 0 Å². The van der Waals surface area contributed by atoms with E-state index in [0.717, 1.165) is 46.9 Å². The first-order valence-electron chi connectivity index (χ1n) is 14.7. The molecule has 1 N–H and O–H groups in total. The summed E-state index contributed by atoms with van der Waals surface area (Å²) in [4.78, 5) is 32.7. The summed E-state index contributed by atoms with van der Waals surface area (Å²) in [5, 5.41) is 3.01. The quantitative estimate of drug-likeness (QED) is 0.227. The Kier molecular flexibility index (Phi) is 8.42. The van der Waals surface area contributed by atoms with Crippen molar-refractivity contribution < 1.29 is 9.59 Å². The van der Waals surface area contributed by atoms with Crippen molar-refractivity contribution in [2.45, 2.75) is 44.0 Å². The summed E-state index contributed by atoms with van der Waals surface area (Å²) < 4.78 is 0. The molecule has 0 aromatic heterocycles. The molecule has 0 radical (unpaired) electrons. The van der Waals surface area contributed by atoms with Gasteiger partial charge < -0.3 is 15.1 Å². The van der Waals surface area contributed by atoms with Gasteiger partial charge in [-0.1, -0.05) is 67.2 Å². The van der Waals surface area contributed by atoms with E-state index in [2.05, 4.69) is 59.6 Å². The van der Waals surface area contributed by atoms with Gasteiger partial charge in [0.2, 0.25) is 0 Å². The van der Waals surface area contributed by atoms with Gasteiger partial charge in [-0.15, -0.1) is 0 Å². The van der Waals surface area contributed by atoms with E-state index in [4.69, 9.17) is 0 Å². The monoisotopic (exact) mass is 573 g/mol. The van der Waals surface area contributed by atoms with Crippen molar-refractivity contribution >= 4 is 46.7 Å². The summed E-state index contributed by atoms with van der Waals surface area (Å²) >= 11 is 1.49. The molecule has 212 valence electrons. The maximum absolute atomic E-state index is 13.7. The molecule has 2 aliphatic rings. The lowest BCUT2D eigenvalue weighted by molar-refractivity contribution is -0.114. The Morgan fingerprint density at radius 2 is 1.60 bits per heavy atom. The minimum Gasteiger partial charge on any atom is -0.372 e. The minimum atomic E-state index is -0.155. The Bertz CT molecular complexity index is 1610. The third-order valence-electron chi connectivity index (χ3n) is 7.89. The van der Waals surface area contributed by atoms with Crippen molar-refractivity contribution in [3.05, 3.63) is 124 Å². The Labute approximate surface area is 252 Å². The highest BCUT2D eigenvalue weighted by Gasteiger charge is 2.29. The maximum atomic E-state index is 13.7.